The second-order valence-electron chi connectivity index (χ2n) is 9.06. The SMILES string of the molecule is C=C(c1ccc(C(F)(F)F)cc1)c1cccc(CCCC(C)(C)c2ccc3c(c2)OCO3)c1. The molecule has 2 nitrogen and oxygen atoms in total. The maximum atomic E-state index is 12.8. The van der Waals surface area contributed by atoms with Gasteiger partial charge in [0.05, 0.1) is 5.56 Å². The predicted molar refractivity (Wildman–Crippen MR) is 125 cm³/mol. The van der Waals surface area contributed by atoms with Crippen molar-refractivity contribution in [2.45, 2.75) is 44.7 Å². The number of hydrogen-bond acceptors (Lipinski definition) is 2. The monoisotopic (exact) mass is 452 g/mol. The summed E-state index contributed by atoms with van der Waals surface area (Å²) in [5.41, 5.74) is 4.05. The van der Waals surface area contributed by atoms with Gasteiger partial charge in [-0.2, -0.15) is 13.2 Å². The fourth-order valence-corrected chi connectivity index (χ4v) is 4.14. The van der Waals surface area contributed by atoms with Gasteiger partial charge in [-0.05, 0) is 76.8 Å². The summed E-state index contributed by atoms with van der Waals surface area (Å²) in [7, 11) is 0. The van der Waals surface area contributed by atoms with Gasteiger partial charge >= 0.3 is 6.18 Å². The molecule has 33 heavy (non-hydrogen) atoms. The molecule has 4 rings (SSSR count). The van der Waals surface area contributed by atoms with E-state index in [2.05, 4.69) is 44.7 Å². The Kier molecular flexibility index (Phi) is 6.24. The Morgan fingerprint density at radius 2 is 1.55 bits per heavy atom. The van der Waals surface area contributed by atoms with Crippen LogP contribution in [-0.4, -0.2) is 6.79 Å². The molecule has 3 aromatic rings. The number of hydrogen-bond donors (Lipinski definition) is 0. The Bertz CT molecular complexity index is 1140. The molecule has 0 amide bonds. The van der Waals surface area contributed by atoms with Crippen LogP contribution in [0.3, 0.4) is 0 Å². The van der Waals surface area contributed by atoms with E-state index < -0.39 is 11.7 Å². The van der Waals surface area contributed by atoms with Crippen LogP contribution in [-0.2, 0) is 18.0 Å². The van der Waals surface area contributed by atoms with Crippen molar-refractivity contribution >= 4 is 5.57 Å². The number of rotatable bonds is 7. The normalized spacial score (nSPS) is 13.2. The molecule has 0 atom stereocenters. The molecule has 0 aromatic heterocycles. The van der Waals surface area contributed by atoms with Gasteiger partial charge in [-0.15, -0.1) is 0 Å². The van der Waals surface area contributed by atoms with Crippen molar-refractivity contribution in [1.29, 1.82) is 0 Å². The highest BCUT2D eigenvalue weighted by molar-refractivity contribution is 5.78. The summed E-state index contributed by atoms with van der Waals surface area (Å²) < 4.78 is 49.4. The molecule has 0 unspecified atom stereocenters. The summed E-state index contributed by atoms with van der Waals surface area (Å²) in [5.74, 6) is 1.59. The summed E-state index contributed by atoms with van der Waals surface area (Å²) in [6, 6.07) is 19.4. The summed E-state index contributed by atoms with van der Waals surface area (Å²) >= 11 is 0. The summed E-state index contributed by atoms with van der Waals surface area (Å²) in [4.78, 5) is 0. The minimum absolute atomic E-state index is 0.0115. The quantitative estimate of drug-likeness (QED) is 0.364. The third-order valence-corrected chi connectivity index (χ3v) is 6.26. The molecule has 1 heterocycles. The highest BCUT2D eigenvalue weighted by Crippen LogP contribution is 2.38. The van der Waals surface area contributed by atoms with Crippen molar-refractivity contribution in [3.63, 3.8) is 0 Å². The van der Waals surface area contributed by atoms with Crippen molar-refractivity contribution < 1.29 is 22.6 Å². The van der Waals surface area contributed by atoms with Crippen LogP contribution in [0.15, 0.2) is 73.3 Å². The van der Waals surface area contributed by atoms with Crippen LogP contribution in [0.2, 0.25) is 0 Å². The van der Waals surface area contributed by atoms with Crippen LogP contribution in [0.25, 0.3) is 5.57 Å². The Labute approximate surface area is 192 Å². The summed E-state index contributed by atoms with van der Waals surface area (Å²) in [6.45, 7) is 8.84. The number of aryl methyl sites for hydroxylation is 1. The molecule has 172 valence electrons. The Hall–Kier alpha value is -3.21. The van der Waals surface area contributed by atoms with Gasteiger partial charge in [-0.1, -0.05) is 62.9 Å². The van der Waals surface area contributed by atoms with E-state index in [1.165, 1.54) is 23.3 Å². The van der Waals surface area contributed by atoms with Crippen molar-refractivity contribution in [2.24, 2.45) is 0 Å². The largest absolute Gasteiger partial charge is 0.454 e. The van der Waals surface area contributed by atoms with E-state index in [9.17, 15) is 13.2 Å². The smallest absolute Gasteiger partial charge is 0.416 e. The Balaban J connectivity index is 1.39. The fraction of sp³-hybridized carbons (Fsp3) is 0.286. The molecule has 0 fully saturated rings. The van der Waals surface area contributed by atoms with E-state index in [1.807, 2.05) is 18.2 Å². The molecule has 0 bridgehead atoms. The molecule has 1 aliphatic rings. The first-order valence-electron chi connectivity index (χ1n) is 11.0. The minimum Gasteiger partial charge on any atom is -0.454 e. The van der Waals surface area contributed by atoms with E-state index >= 15 is 0 Å². The van der Waals surface area contributed by atoms with E-state index in [-0.39, 0.29) is 12.2 Å². The number of ether oxygens (including phenoxy) is 2. The lowest BCUT2D eigenvalue weighted by molar-refractivity contribution is -0.137. The summed E-state index contributed by atoms with van der Waals surface area (Å²) in [6.07, 6.45) is -1.44. The average molecular weight is 453 g/mol. The summed E-state index contributed by atoms with van der Waals surface area (Å²) in [5, 5.41) is 0. The first-order valence-corrected chi connectivity index (χ1v) is 11.0. The van der Waals surface area contributed by atoms with Gasteiger partial charge in [-0.3, -0.25) is 0 Å². The fourth-order valence-electron chi connectivity index (χ4n) is 4.14. The molecule has 0 saturated carbocycles. The number of alkyl halides is 3. The third kappa shape index (κ3) is 5.24. The predicted octanol–water partition coefficient (Wildman–Crippen LogP) is 7.80. The van der Waals surface area contributed by atoms with Gasteiger partial charge in [-0.25, -0.2) is 0 Å². The molecule has 0 N–H and O–H groups in total. The van der Waals surface area contributed by atoms with Crippen LogP contribution in [0.5, 0.6) is 11.5 Å². The second kappa shape index (κ2) is 8.97. The van der Waals surface area contributed by atoms with E-state index in [0.29, 0.717) is 11.1 Å². The molecule has 0 aliphatic carbocycles. The standard InChI is InChI=1S/C28H27F3O2/c1-19(21-9-11-23(12-10-21)28(29,30)31)22-8-4-6-20(16-22)7-5-15-27(2,3)24-13-14-25-26(17-24)33-18-32-25/h4,6,8-14,16-17H,1,5,7,15,18H2,2-3H3. The molecule has 0 saturated heterocycles. The first-order chi connectivity index (χ1) is 15.6. The molecule has 5 heteroatoms. The maximum absolute atomic E-state index is 12.8. The lowest BCUT2D eigenvalue weighted by Crippen LogP contribution is -2.17. The van der Waals surface area contributed by atoms with E-state index in [0.717, 1.165) is 48.5 Å². The van der Waals surface area contributed by atoms with Gasteiger partial charge in [0.25, 0.3) is 0 Å². The molecular weight excluding hydrogens is 425 g/mol. The first kappa shape index (κ1) is 23.0. The zero-order valence-corrected chi connectivity index (χ0v) is 18.8. The zero-order valence-electron chi connectivity index (χ0n) is 18.8. The van der Waals surface area contributed by atoms with Crippen molar-refractivity contribution in [3.8, 4) is 11.5 Å². The molecule has 3 aromatic carbocycles. The number of halogens is 3. The van der Waals surface area contributed by atoms with Crippen LogP contribution >= 0.6 is 0 Å². The van der Waals surface area contributed by atoms with E-state index in [1.54, 1.807) is 0 Å². The van der Waals surface area contributed by atoms with Crippen LogP contribution < -0.4 is 9.47 Å². The number of fused-ring (bicyclic) bond motifs is 1. The minimum atomic E-state index is -4.34. The van der Waals surface area contributed by atoms with E-state index in [4.69, 9.17) is 9.47 Å². The average Bonchev–Trinajstić information content (AvgIpc) is 3.26. The Morgan fingerprint density at radius 3 is 2.27 bits per heavy atom. The molecule has 1 aliphatic heterocycles. The lowest BCUT2D eigenvalue weighted by atomic mass is 9.79. The third-order valence-electron chi connectivity index (χ3n) is 6.26. The zero-order chi connectivity index (χ0) is 23.6. The van der Waals surface area contributed by atoms with Gasteiger partial charge < -0.3 is 9.47 Å². The molecular formula is C28H27F3O2. The van der Waals surface area contributed by atoms with Gasteiger partial charge in [0.15, 0.2) is 11.5 Å². The molecule has 0 radical (unpaired) electrons. The van der Waals surface area contributed by atoms with Crippen molar-refractivity contribution in [2.75, 3.05) is 6.79 Å². The van der Waals surface area contributed by atoms with Gasteiger partial charge in [0.2, 0.25) is 6.79 Å². The lowest BCUT2D eigenvalue weighted by Gasteiger charge is -2.25. The topological polar surface area (TPSA) is 18.5 Å². The van der Waals surface area contributed by atoms with Gasteiger partial charge in [0.1, 0.15) is 0 Å². The molecule has 0 spiro atoms. The van der Waals surface area contributed by atoms with Crippen LogP contribution in [0, 0.1) is 0 Å². The van der Waals surface area contributed by atoms with Crippen molar-refractivity contribution in [3.05, 3.63) is 101 Å². The van der Waals surface area contributed by atoms with Crippen LogP contribution in [0.1, 0.15) is 54.5 Å². The second-order valence-corrected chi connectivity index (χ2v) is 9.06. The maximum Gasteiger partial charge on any atom is 0.416 e. The Morgan fingerprint density at radius 1 is 0.848 bits per heavy atom. The van der Waals surface area contributed by atoms with Crippen LogP contribution in [0.4, 0.5) is 13.2 Å². The van der Waals surface area contributed by atoms with Gasteiger partial charge in [0, 0.05) is 0 Å². The number of benzene rings is 3. The highest BCUT2D eigenvalue weighted by atomic mass is 19.4. The highest BCUT2D eigenvalue weighted by Gasteiger charge is 2.30. The van der Waals surface area contributed by atoms with Crippen molar-refractivity contribution in [1.82, 2.24) is 0 Å².